The molecular formula is C26H20ClNO4. The number of furan rings is 1. The molecule has 6 heteroatoms. The van der Waals surface area contributed by atoms with Gasteiger partial charge < -0.3 is 14.5 Å². The Kier molecular flexibility index (Phi) is 6.38. The minimum Gasteiger partial charge on any atom is -0.494 e. The van der Waals surface area contributed by atoms with E-state index in [9.17, 15) is 9.59 Å². The maximum atomic E-state index is 13.2. The van der Waals surface area contributed by atoms with Gasteiger partial charge in [0.1, 0.15) is 11.3 Å². The summed E-state index contributed by atoms with van der Waals surface area (Å²) >= 11 is 6.14. The van der Waals surface area contributed by atoms with Gasteiger partial charge in [-0.3, -0.25) is 9.59 Å². The van der Waals surface area contributed by atoms with Crippen molar-refractivity contribution in [1.29, 1.82) is 0 Å². The lowest BCUT2D eigenvalue weighted by Crippen LogP contribution is -2.11. The molecule has 160 valence electrons. The molecule has 0 fully saturated rings. The number of nitrogens with one attached hydrogen (secondary N) is 1. The monoisotopic (exact) mass is 445 g/mol. The number of rotatable bonds is 7. The molecule has 0 saturated heterocycles. The van der Waals surface area contributed by atoms with Crippen molar-refractivity contribution in [2.24, 2.45) is 0 Å². The van der Waals surface area contributed by atoms with Crippen LogP contribution in [-0.4, -0.2) is 18.3 Å². The van der Waals surface area contributed by atoms with Gasteiger partial charge in [-0.25, -0.2) is 0 Å². The molecule has 0 aliphatic carbocycles. The summed E-state index contributed by atoms with van der Waals surface area (Å²) in [5, 5.41) is 3.98. The van der Waals surface area contributed by atoms with Crippen LogP contribution in [0.2, 0.25) is 5.02 Å². The Labute approximate surface area is 190 Å². The molecule has 1 heterocycles. The first-order valence-corrected chi connectivity index (χ1v) is 10.5. The fourth-order valence-corrected chi connectivity index (χ4v) is 3.47. The Morgan fingerprint density at radius 2 is 1.72 bits per heavy atom. The van der Waals surface area contributed by atoms with Gasteiger partial charge in [-0.1, -0.05) is 41.9 Å². The molecule has 0 spiro atoms. The van der Waals surface area contributed by atoms with Gasteiger partial charge in [0.2, 0.25) is 11.7 Å². The van der Waals surface area contributed by atoms with Crippen molar-refractivity contribution in [3.05, 3.63) is 101 Å². The highest BCUT2D eigenvalue weighted by Gasteiger charge is 2.23. The standard InChI is InChI=1S/C26H20ClNO4/c1-2-31-19-14-11-18(12-15-19)25(30)26-24(20-8-4-6-10-22(20)32-26)28-23(29)16-13-17-7-3-5-9-21(17)27/h3-16H,2H2,1H3,(H,28,29)/b16-13+. The summed E-state index contributed by atoms with van der Waals surface area (Å²) in [6.07, 6.45) is 2.99. The smallest absolute Gasteiger partial charge is 0.248 e. The van der Waals surface area contributed by atoms with E-state index in [1.807, 2.05) is 25.1 Å². The minimum atomic E-state index is -0.405. The van der Waals surface area contributed by atoms with E-state index in [1.54, 1.807) is 60.7 Å². The number of ketones is 1. The van der Waals surface area contributed by atoms with Crippen molar-refractivity contribution < 1.29 is 18.7 Å². The summed E-state index contributed by atoms with van der Waals surface area (Å²) in [5.74, 6) is -0.00593. The Morgan fingerprint density at radius 3 is 2.47 bits per heavy atom. The summed E-state index contributed by atoms with van der Waals surface area (Å²) in [6, 6.07) is 21.2. The highest BCUT2D eigenvalue weighted by molar-refractivity contribution is 6.32. The number of anilines is 1. The van der Waals surface area contributed by atoms with Gasteiger partial charge in [-0.05, 0) is 61.0 Å². The Hall–Kier alpha value is -3.83. The lowest BCUT2D eigenvalue weighted by molar-refractivity contribution is -0.111. The molecule has 0 aliphatic rings. The first-order valence-electron chi connectivity index (χ1n) is 10.1. The number of hydrogen-bond acceptors (Lipinski definition) is 4. The number of hydrogen-bond donors (Lipinski definition) is 1. The highest BCUT2D eigenvalue weighted by atomic mass is 35.5. The third-order valence-corrected chi connectivity index (χ3v) is 5.14. The summed E-state index contributed by atoms with van der Waals surface area (Å²) < 4.78 is 11.3. The first kappa shape index (κ1) is 21.4. The average molecular weight is 446 g/mol. The Morgan fingerprint density at radius 1 is 1.00 bits per heavy atom. The molecule has 5 nitrogen and oxygen atoms in total. The second kappa shape index (κ2) is 9.54. The molecule has 0 unspecified atom stereocenters. The lowest BCUT2D eigenvalue weighted by Gasteiger charge is -2.06. The van der Waals surface area contributed by atoms with Crippen LogP contribution in [0.3, 0.4) is 0 Å². The normalized spacial score (nSPS) is 11.1. The van der Waals surface area contributed by atoms with E-state index < -0.39 is 5.91 Å². The quantitative estimate of drug-likeness (QED) is 0.265. The van der Waals surface area contributed by atoms with Crippen molar-refractivity contribution in [1.82, 2.24) is 0 Å². The number of amides is 1. The highest BCUT2D eigenvalue weighted by Crippen LogP contribution is 2.33. The third-order valence-electron chi connectivity index (χ3n) is 4.80. The number of benzene rings is 3. The molecule has 4 rings (SSSR count). The zero-order valence-electron chi connectivity index (χ0n) is 17.3. The molecule has 0 atom stereocenters. The van der Waals surface area contributed by atoms with Gasteiger partial charge in [0, 0.05) is 22.0 Å². The molecule has 1 N–H and O–H groups in total. The molecule has 3 aromatic carbocycles. The second-order valence-corrected chi connectivity index (χ2v) is 7.34. The van der Waals surface area contributed by atoms with Gasteiger partial charge in [0.25, 0.3) is 0 Å². The molecule has 0 saturated carbocycles. The van der Waals surface area contributed by atoms with Crippen molar-refractivity contribution >= 4 is 46.0 Å². The minimum absolute atomic E-state index is 0.0647. The van der Waals surface area contributed by atoms with Crippen LogP contribution < -0.4 is 10.1 Å². The van der Waals surface area contributed by atoms with Crippen LogP contribution in [0.5, 0.6) is 5.75 Å². The number of halogens is 1. The molecule has 4 aromatic rings. The van der Waals surface area contributed by atoms with Crippen LogP contribution in [0.25, 0.3) is 17.0 Å². The van der Waals surface area contributed by atoms with Crippen LogP contribution >= 0.6 is 11.6 Å². The van der Waals surface area contributed by atoms with Crippen LogP contribution in [-0.2, 0) is 4.79 Å². The molecule has 0 radical (unpaired) electrons. The van der Waals surface area contributed by atoms with E-state index in [2.05, 4.69) is 5.32 Å². The van der Waals surface area contributed by atoms with Gasteiger partial charge >= 0.3 is 0 Å². The van der Waals surface area contributed by atoms with Crippen LogP contribution in [0.4, 0.5) is 5.69 Å². The fraction of sp³-hybridized carbons (Fsp3) is 0.0769. The molecule has 0 aliphatic heterocycles. The Balaban J connectivity index is 1.65. The molecule has 0 bridgehead atoms. The molecule has 32 heavy (non-hydrogen) atoms. The summed E-state index contributed by atoms with van der Waals surface area (Å²) in [4.78, 5) is 25.8. The van der Waals surface area contributed by atoms with E-state index in [1.165, 1.54) is 6.08 Å². The van der Waals surface area contributed by atoms with E-state index in [4.69, 9.17) is 20.8 Å². The van der Waals surface area contributed by atoms with Gasteiger partial charge in [-0.2, -0.15) is 0 Å². The first-order chi connectivity index (χ1) is 15.6. The van der Waals surface area contributed by atoms with Crippen molar-refractivity contribution in [3.8, 4) is 5.75 Å². The number of carbonyl (C=O) groups is 2. The lowest BCUT2D eigenvalue weighted by atomic mass is 10.1. The van der Waals surface area contributed by atoms with Gasteiger partial charge in [-0.15, -0.1) is 0 Å². The van der Waals surface area contributed by atoms with Crippen molar-refractivity contribution in [2.75, 3.05) is 11.9 Å². The SMILES string of the molecule is CCOc1ccc(C(=O)c2oc3ccccc3c2NC(=O)/C=C/c2ccccc2Cl)cc1. The van der Waals surface area contributed by atoms with E-state index in [0.717, 1.165) is 0 Å². The predicted octanol–water partition coefficient (Wildman–Crippen LogP) is 6.37. The van der Waals surface area contributed by atoms with Crippen molar-refractivity contribution in [2.45, 2.75) is 6.92 Å². The van der Waals surface area contributed by atoms with E-state index in [-0.39, 0.29) is 11.5 Å². The van der Waals surface area contributed by atoms with E-state index in [0.29, 0.717) is 45.2 Å². The maximum Gasteiger partial charge on any atom is 0.248 e. The van der Waals surface area contributed by atoms with Crippen LogP contribution in [0.1, 0.15) is 28.6 Å². The van der Waals surface area contributed by atoms with Gasteiger partial charge in [0.15, 0.2) is 5.76 Å². The number of para-hydroxylation sites is 1. The molecule has 1 aromatic heterocycles. The number of fused-ring (bicyclic) bond motifs is 1. The largest absolute Gasteiger partial charge is 0.494 e. The maximum absolute atomic E-state index is 13.2. The van der Waals surface area contributed by atoms with E-state index >= 15 is 0 Å². The van der Waals surface area contributed by atoms with Crippen molar-refractivity contribution in [3.63, 3.8) is 0 Å². The number of ether oxygens (including phenoxy) is 1. The summed E-state index contributed by atoms with van der Waals surface area (Å²) in [5.41, 5.74) is 1.97. The average Bonchev–Trinajstić information content (AvgIpc) is 3.17. The summed E-state index contributed by atoms with van der Waals surface area (Å²) in [6.45, 7) is 2.43. The number of carbonyl (C=O) groups excluding carboxylic acids is 2. The zero-order valence-corrected chi connectivity index (χ0v) is 18.1. The van der Waals surface area contributed by atoms with Crippen LogP contribution in [0.15, 0.2) is 83.3 Å². The second-order valence-electron chi connectivity index (χ2n) is 6.93. The summed E-state index contributed by atoms with van der Waals surface area (Å²) in [7, 11) is 0. The zero-order chi connectivity index (χ0) is 22.5. The third kappa shape index (κ3) is 4.58. The predicted molar refractivity (Wildman–Crippen MR) is 126 cm³/mol. The molecule has 1 amide bonds. The topological polar surface area (TPSA) is 68.5 Å². The van der Waals surface area contributed by atoms with Crippen LogP contribution in [0, 0.1) is 0 Å². The molecular weight excluding hydrogens is 426 g/mol. The fourth-order valence-electron chi connectivity index (χ4n) is 3.27. The Bertz CT molecular complexity index is 1310. The van der Waals surface area contributed by atoms with Gasteiger partial charge in [0.05, 0.1) is 12.3 Å².